The number of nitrogens with zero attached hydrogens (tertiary/aromatic N) is 3. The molecule has 0 aliphatic carbocycles. The van der Waals surface area contributed by atoms with Gasteiger partial charge in [-0.2, -0.15) is 0 Å². The van der Waals surface area contributed by atoms with Gasteiger partial charge in [-0.15, -0.1) is 0 Å². The maximum Gasteiger partial charge on any atom is 0.337 e. The van der Waals surface area contributed by atoms with Crippen LogP contribution < -0.4 is 30.8 Å². The van der Waals surface area contributed by atoms with Crippen molar-refractivity contribution in [2.75, 3.05) is 26.6 Å². The first-order chi connectivity index (χ1) is 17.3. The van der Waals surface area contributed by atoms with Crippen LogP contribution in [0.2, 0.25) is 0 Å². The van der Waals surface area contributed by atoms with Crippen molar-refractivity contribution < 1.29 is 19.0 Å². The largest absolute Gasteiger partial charge is 0.495 e. The number of amides is 1. The molecule has 0 saturated heterocycles. The molecule has 4 rings (SSSR count). The van der Waals surface area contributed by atoms with E-state index in [0.717, 1.165) is 4.57 Å². The second-order valence-electron chi connectivity index (χ2n) is 8.08. The molecule has 10 heteroatoms. The number of rotatable bonds is 7. The van der Waals surface area contributed by atoms with E-state index in [0.29, 0.717) is 39.9 Å². The molecule has 0 fully saturated rings. The molecule has 1 N–H and O–H groups in total. The Hall–Kier alpha value is -4.60. The fraction of sp³-hybridized carbons (Fsp3) is 0.231. The number of pyridine rings is 1. The molecule has 36 heavy (non-hydrogen) atoms. The molecule has 1 amide bonds. The van der Waals surface area contributed by atoms with Crippen LogP contribution in [0, 0.1) is 13.8 Å². The van der Waals surface area contributed by atoms with Gasteiger partial charge in [0.2, 0.25) is 5.91 Å². The van der Waals surface area contributed by atoms with E-state index in [9.17, 15) is 14.4 Å². The monoisotopic (exact) mass is 490 g/mol. The summed E-state index contributed by atoms with van der Waals surface area (Å²) in [6.07, 6.45) is 0. The van der Waals surface area contributed by atoms with E-state index in [1.807, 2.05) is 0 Å². The van der Waals surface area contributed by atoms with E-state index in [2.05, 4.69) is 10.3 Å². The summed E-state index contributed by atoms with van der Waals surface area (Å²) < 4.78 is 18.1. The highest BCUT2D eigenvalue weighted by Crippen LogP contribution is 2.29. The standard InChI is InChI=1S/C26H26N4O6/c1-15-12-16(2)27-24-23(15)25(32)29(26(33)30(24)18-8-6-7-9-19(18)34-3)14-22(31)28-17-10-11-20(35-4)21(13-17)36-5/h6-13H,14H2,1-5H3,(H,28,31). The van der Waals surface area contributed by atoms with Gasteiger partial charge in [-0.3, -0.25) is 9.59 Å². The zero-order valence-electron chi connectivity index (χ0n) is 20.6. The quantitative estimate of drug-likeness (QED) is 0.424. The van der Waals surface area contributed by atoms with Crippen molar-refractivity contribution in [1.82, 2.24) is 14.1 Å². The second-order valence-corrected chi connectivity index (χ2v) is 8.08. The van der Waals surface area contributed by atoms with Crippen LogP contribution in [0.1, 0.15) is 11.3 Å². The van der Waals surface area contributed by atoms with E-state index in [1.54, 1.807) is 62.4 Å². The summed E-state index contributed by atoms with van der Waals surface area (Å²) in [7, 11) is 4.48. The van der Waals surface area contributed by atoms with Crippen LogP contribution in [-0.2, 0) is 11.3 Å². The lowest BCUT2D eigenvalue weighted by molar-refractivity contribution is -0.116. The smallest absolute Gasteiger partial charge is 0.337 e. The third-order valence-corrected chi connectivity index (χ3v) is 5.71. The highest BCUT2D eigenvalue weighted by molar-refractivity contribution is 5.91. The number of carbonyl (C=O) groups is 1. The van der Waals surface area contributed by atoms with Crippen LogP contribution in [-0.4, -0.2) is 41.4 Å². The number of ether oxygens (including phenoxy) is 3. The van der Waals surface area contributed by atoms with Gasteiger partial charge in [-0.25, -0.2) is 18.9 Å². The number of aromatic nitrogens is 3. The average Bonchev–Trinajstić information content (AvgIpc) is 2.86. The van der Waals surface area contributed by atoms with Crippen molar-refractivity contribution >= 4 is 22.6 Å². The lowest BCUT2D eigenvalue weighted by atomic mass is 10.1. The van der Waals surface area contributed by atoms with Gasteiger partial charge in [0.15, 0.2) is 17.1 Å². The number of hydrogen-bond donors (Lipinski definition) is 1. The number of aryl methyl sites for hydroxylation is 2. The molecule has 0 bridgehead atoms. The first kappa shape index (κ1) is 24.5. The van der Waals surface area contributed by atoms with E-state index < -0.39 is 23.7 Å². The van der Waals surface area contributed by atoms with Crippen LogP contribution in [0.3, 0.4) is 0 Å². The highest BCUT2D eigenvalue weighted by atomic mass is 16.5. The summed E-state index contributed by atoms with van der Waals surface area (Å²) in [6.45, 7) is 3.04. The van der Waals surface area contributed by atoms with Crippen molar-refractivity contribution in [3.8, 4) is 22.9 Å². The molecule has 10 nitrogen and oxygen atoms in total. The summed E-state index contributed by atoms with van der Waals surface area (Å²) in [4.78, 5) is 44.6. The third-order valence-electron chi connectivity index (χ3n) is 5.71. The molecule has 2 heterocycles. The minimum Gasteiger partial charge on any atom is -0.495 e. The van der Waals surface area contributed by atoms with E-state index in [-0.39, 0.29) is 11.0 Å². The summed E-state index contributed by atoms with van der Waals surface area (Å²) in [5.41, 5.74) is 0.993. The molecule has 0 atom stereocenters. The maximum atomic E-state index is 13.7. The predicted molar refractivity (Wildman–Crippen MR) is 136 cm³/mol. The Labute approximate surface area is 206 Å². The molecular weight excluding hydrogens is 464 g/mol. The Morgan fingerprint density at radius 1 is 0.917 bits per heavy atom. The molecule has 2 aromatic heterocycles. The lowest BCUT2D eigenvalue weighted by Crippen LogP contribution is -2.42. The number of benzene rings is 2. The van der Waals surface area contributed by atoms with Gasteiger partial charge in [-0.05, 0) is 49.7 Å². The number of fused-ring (bicyclic) bond motifs is 1. The number of anilines is 1. The molecule has 0 spiro atoms. The summed E-state index contributed by atoms with van der Waals surface area (Å²) >= 11 is 0. The number of methoxy groups -OCH3 is 3. The minimum atomic E-state index is -0.711. The van der Waals surface area contributed by atoms with Gasteiger partial charge in [0.05, 0.1) is 32.4 Å². The van der Waals surface area contributed by atoms with Crippen LogP contribution in [0.4, 0.5) is 5.69 Å². The Bertz CT molecular complexity index is 1590. The Balaban J connectivity index is 1.86. The summed E-state index contributed by atoms with van der Waals surface area (Å²) in [6, 6.07) is 13.5. The molecule has 2 aromatic carbocycles. The van der Waals surface area contributed by atoms with E-state index in [1.165, 1.54) is 25.9 Å². The fourth-order valence-corrected chi connectivity index (χ4v) is 4.11. The molecule has 0 aliphatic heterocycles. The predicted octanol–water partition coefficient (Wildman–Crippen LogP) is 2.83. The van der Waals surface area contributed by atoms with Crippen LogP contribution >= 0.6 is 0 Å². The summed E-state index contributed by atoms with van der Waals surface area (Å²) in [5.74, 6) is 0.778. The topological polar surface area (TPSA) is 114 Å². The van der Waals surface area contributed by atoms with Gasteiger partial charge in [0.25, 0.3) is 5.56 Å². The van der Waals surface area contributed by atoms with E-state index >= 15 is 0 Å². The molecular formula is C26H26N4O6. The maximum absolute atomic E-state index is 13.7. The van der Waals surface area contributed by atoms with Gasteiger partial charge in [0.1, 0.15) is 12.3 Å². The molecule has 186 valence electrons. The lowest BCUT2D eigenvalue weighted by Gasteiger charge is -2.17. The van der Waals surface area contributed by atoms with Gasteiger partial charge in [-0.1, -0.05) is 12.1 Å². The Kier molecular flexibility index (Phi) is 6.77. The van der Waals surface area contributed by atoms with Gasteiger partial charge in [0, 0.05) is 17.4 Å². The number of para-hydroxylation sites is 2. The zero-order chi connectivity index (χ0) is 26.0. The number of hydrogen-bond acceptors (Lipinski definition) is 7. The molecule has 0 unspecified atom stereocenters. The van der Waals surface area contributed by atoms with Crippen molar-refractivity contribution in [3.63, 3.8) is 0 Å². The summed E-state index contributed by atoms with van der Waals surface area (Å²) in [5, 5.41) is 2.94. The van der Waals surface area contributed by atoms with Crippen LogP contribution in [0.15, 0.2) is 58.1 Å². The SMILES string of the molecule is COc1ccc(NC(=O)Cn2c(=O)c3c(C)cc(C)nc3n(-c3ccccc3OC)c2=O)cc1OC. The first-order valence-electron chi connectivity index (χ1n) is 11.1. The Morgan fingerprint density at radius 3 is 2.31 bits per heavy atom. The molecule has 4 aromatic rings. The number of carbonyl (C=O) groups excluding carboxylic acids is 1. The zero-order valence-corrected chi connectivity index (χ0v) is 20.6. The van der Waals surface area contributed by atoms with E-state index in [4.69, 9.17) is 14.2 Å². The van der Waals surface area contributed by atoms with Crippen LogP contribution in [0.25, 0.3) is 16.7 Å². The third kappa shape index (κ3) is 4.40. The van der Waals surface area contributed by atoms with Crippen molar-refractivity contribution in [2.24, 2.45) is 0 Å². The van der Waals surface area contributed by atoms with Gasteiger partial charge >= 0.3 is 5.69 Å². The van der Waals surface area contributed by atoms with Gasteiger partial charge < -0.3 is 19.5 Å². The molecule has 0 saturated carbocycles. The first-order valence-corrected chi connectivity index (χ1v) is 11.1. The average molecular weight is 491 g/mol. The Morgan fingerprint density at radius 2 is 1.61 bits per heavy atom. The molecule has 0 aliphatic rings. The van der Waals surface area contributed by atoms with Crippen LogP contribution in [0.5, 0.6) is 17.2 Å². The van der Waals surface area contributed by atoms with Crippen molar-refractivity contribution in [2.45, 2.75) is 20.4 Å². The van der Waals surface area contributed by atoms with Crippen molar-refractivity contribution in [1.29, 1.82) is 0 Å². The fourth-order valence-electron chi connectivity index (χ4n) is 4.11. The second kappa shape index (κ2) is 9.95. The minimum absolute atomic E-state index is 0.198. The molecule has 0 radical (unpaired) electrons. The number of nitrogens with one attached hydrogen (secondary N) is 1. The van der Waals surface area contributed by atoms with Crippen molar-refractivity contribution in [3.05, 3.63) is 80.6 Å². The normalized spacial score (nSPS) is 10.8. The highest BCUT2D eigenvalue weighted by Gasteiger charge is 2.21.